The van der Waals surface area contributed by atoms with E-state index in [2.05, 4.69) is 64.4 Å². The van der Waals surface area contributed by atoms with Gasteiger partial charge in [-0.15, -0.1) is 0 Å². The lowest BCUT2D eigenvalue weighted by Crippen LogP contribution is -2.33. The number of benzene rings is 2. The summed E-state index contributed by atoms with van der Waals surface area (Å²) >= 11 is 0. The highest BCUT2D eigenvalue weighted by molar-refractivity contribution is 5.94. The molecule has 0 spiro atoms. The SMILES string of the molecule is CCC(Oc1ccc(C(C)(C)C)cc1C(C)(C)C)C(=O)Nc1ccc(NN)cc1. The largest absolute Gasteiger partial charge is 0.480 e. The Kier molecular flexibility index (Phi) is 6.96. The summed E-state index contributed by atoms with van der Waals surface area (Å²) in [4.78, 5) is 12.8. The molecule has 0 radical (unpaired) electrons. The molecule has 2 rings (SSSR count). The Morgan fingerprint density at radius 2 is 1.55 bits per heavy atom. The summed E-state index contributed by atoms with van der Waals surface area (Å²) in [5.74, 6) is 5.98. The van der Waals surface area contributed by atoms with E-state index in [0.717, 1.165) is 17.0 Å². The number of nitrogen functional groups attached to an aromatic ring is 1. The molecule has 29 heavy (non-hydrogen) atoms. The zero-order chi connectivity index (χ0) is 21.8. The maximum atomic E-state index is 12.8. The van der Waals surface area contributed by atoms with Crippen LogP contribution in [0.25, 0.3) is 0 Å². The number of ether oxygens (including phenoxy) is 1. The van der Waals surface area contributed by atoms with E-state index in [1.807, 2.05) is 13.0 Å². The minimum atomic E-state index is -0.580. The maximum Gasteiger partial charge on any atom is 0.265 e. The van der Waals surface area contributed by atoms with Gasteiger partial charge in [-0.2, -0.15) is 0 Å². The number of amides is 1. The molecule has 2 aromatic rings. The summed E-state index contributed by atoms with van der Waals surface area (Å²) in [5, 5.41) is 2.93. The molecule has 0 heterocycles. The Labute approximate surface area is 175 Å². The lowest BCUT2D eigenvalue weighted by Gasteiger charge is -2.28. The van der Waals surface area contributed by atoms with Gasteiger partial charge >= 0.3 is 0 Å². The lowest BCUT2D eigenvalue weighted by atomic mass is 9.80. The molecule has 158 valence electrons. The van der Waals surface area contributed by atoms with Gasteiger partial charge in [0.05, 0.1) is 0 Å². The summed E-state index contributed by atoms with van der Waals surface area (Å²) in [7, 11) is 0. The van der Waals surface area contributed by atoms with Crippen molar-refractivity contribution in [2.45, 2.75) is 71.8 Å². The highest BCUT2D eigenvalue weighted by atomic mass is 16.5. The summed E-state index contributed by atoms with van der Waals surface area (Å²) in [6, 6.07) is 13.5. The van der Waals surface area contributed by atoms with Gasteiger partial charge in [0.2, 0.25) is 0 Å². The van der Waals surface area contributed by atoms with Crippen LogP contribution in [-0.2, 0) is 15.6 Å². The first-order valence-electron chi connectivity index (χ1n) is 10.1. The predicted molar refractivity (Wildman–Crippen MR) is 121 cm³/mol. The van der Waals surface area contributed by atoms with Crippen molar-refractivity contribution in [2.24, 2.45) is 5.84 Å². The van der Waals surface area contributed by atoms with E-state index in [-0.39, 0.29) is 16.7 Å². The van der Waals surface area contributed by atoms with Gasteiger partial charge in [-0.3, -0.25) is 10.6 Å². The van der Waals surface area contributed by atoms with Crippen LogP contribution < -0.4 is 21.3 Å². The van der Waals surface area contributed by atoms with Crippen molar-refractivity contribution < 1.29 is 9.53 Å². The summed E-state index contributed by atoms with van der Waals surface area (Å²) in [5.41, 5.74) is 6.36. The molecule has 2 aromatic carbocycles. The smallest absolute Gasteiger partial charge is 0.265 e. The van der Waals surface area contributed by atoms with Crippen LogP contribution in [0.4, 0.5) is 11.4 Å². The highest BCUT2D eigenvalue weighted by Crippen LogP contribution is 2.36. The number of nitrogens with two attached hydrogens (primary N) is 1. The number of hydrazine groups is 1. The predicted octanol–water partition coefficient (Wildman–Crippen LogP) is 5.36. The van der Waals surface area contributed by atoms with Crippen molar-refractivity contribution in [1.82, 2.24) is 0 Å². The number of hydrogen-bond acceptors (Lipinski definition) is 4. The summed E-state index contributed by atoms with van der Waals surface area (Å²) < 4.78 is 6.22. The van der Waals surface area contributed by atoms with Crippen molar-refractivity contribution in [3.8, 4) is 5.75 Å². The van der Waals surface area contributed by atoms with Crippen LogP contribution in [0, 0.1) is 0 Å². The molecule has 0 saturated carbocycles. The molecule has 1 unspecified atom stereocenters. The average molecular weight is 398 g/mol. The first-order valence-corrected chi connectivity index (χ1v) is 10.1. The molecule has 0 aliphatic rings. The van der Waals surface area contributed by atoms with Gasteiger partial charge < -0.3 is 15.5 Å². The Morgan fingerprint density at radius 3 is 2.03 bits per heavy atom. The van der Waals surface area contributed by atoms with Crippen LogP contribution >= 0.6 is 0 Å². The number of rotatable bonds is 6. The first kappa shape index (κ1) is 22.8. The quantitative estimate of drug-likeness (QED) is 0.453. The second kappa shape index (κ2) is 8.87. The molecule has 0 bridgehead atoms. The zero-order valence-electron chi connectivity index (χ0n) is 18.7. The molecular formula is C24H35N3O2. The van der Waals surface area contributed by atoms with E-state index in [0.29, 0.717) is 12.1 Å². The molecular weight excluding hydrogens is 362 g/mol. The Hall–Kier alpha value is -2.53. The molecule has 0 aliphatic carbocycles. The molecule has 1 amide bonds. The third-order valence-electron chi connectivity index (χ3n) is 4.91. The van der Waals surface area contributed by atoms with Crippen LogP contribution in [0.2, 0.25) is 0 Å². The normalized spacial score (nSPS) is 13.0. The molecule has 1 atom stereocenters. The number of hydrogen-bond donors (Lipinski definition) is 3. The molecule has 0 fully saturated rings. The Balaban J connectivity index is 2.25. The standard InChI is InChI=1S/C24H35N3O2/c1-8-20(22(28)26-17-10-12-18(27-25)13-11-17)29-21-14-9-16(23(2,3)4)15-19(21)24(5,6)7/h9-15,20,27H,8,25H2,1-7H3,(H,26,28). The van der Waals surface area contributed by atoms with Crippen molar-refractivity contribution in [2.75, 3.05) is 10.7 Å². The fraction of sp³-hybridized carbons (Fsp3) is 0.458. The number of nitrogens with one attached hydrogen (secondary N) is 2. The van der Waals surface area contributed by atoms with Crippen molar-refractivity contribution in [1.29, 1.82) is 0 Å². The van der Waals surface area contributed by atoms with Gasteiger partial charge in [0.25, 0.3) is 5.91 Å². The topological polar surface area (TPSA) is 76.4 Å². The van der Waals surface area contributed by atoms with Gasteiger partial charge in [0.1, 0.15) is 5.75 Å². The van der Waals surface area contributed by atoms with Gasteiger partial charge in [0, 0.05) is 11.4 Å². The Bertz CT molecular complexity index is 831. The van der Waals surface area contributed by atoms with Crippen molar-refractivity contribution >= 4 is 17.3 Å². The average Bonchev–Trinajstić information content (AvgIpc) is 2.65. The molecule has 0 saturated heterocycles. The van der Waals surface area contributed by atoms with Crippen LogP contribution in [-0.4, -0.2) is 12.0 Å². The van der Waals surface area contributed by atoms with Crippen LogP contribution in [0.1, 0.15) is 66.0 Å². The van der Waals surface area contributed by atoms with E-state index < -0.39 is 6.10 Å². The first-order chi connectivity index (χ1) is 13.5. The number of anilines is 2. The monoisotopic (exact) mass is 397 g/mol. The van der Waals surface area contributed by atoms with E-state index in [1.165, 1.54) is 5.56 Å². The summed E-state index contributed by atoms with van der Waals surface area (Å²) in [6.07, 6.45) is -0.0114. The van der Waals surface area contributed by atoms with E-state index in [9.17, 15) is 4.79 Å². The maximum absolute atomic E-state index is 12.8. The minimum absolute atomic E-state index is 0.0462. The van der Waals surface area contributed by atoms with Crippen LogP contribution in [0.5, 0.6) is 5.75 Å². The Morgan fingerprint density at radius 1 is 0.966 bits per heavy atom. The van der Waals surface area contributed by atoms with Crippen LogP contribution in [0.3, 0.4) is 0 Å². The van der Waals surface area contributed by atoms with Crippen molar-refractivity contribution in [3.05, 3.63) is 53.6 Å². The van der Waals surface area contributed by atoms with Gasteiger partial charge in [-0.05, 0) is 58.7 Å². The van der Waals surface area contributed by atoms with E-state index >= 15 is 0 Å². The van der Waals surface area contributed by atoms with Gasteiger partial charge in [-0.25, -0.2) is 0 Å². The highest BCUT2D eigenvalue weighted by Gasteiger charge is 2.26. The molecule has 0 aromatic heterocycles. The number of carbonyl (C=O) groups is 1. The fourth-order valence-electron chi connectivity index (χ4n) is 3.03. The second-order valence-corrected chi connectivity index (χ2v) is 9.44. The molecule has 4 N–H and O–H groups in total. The van der Waals surface area contributed by atoms with Gasteiger partial charge in [0.15, 0.2) is 6.10 Å². The van der Waals surface area contributed by atoms with Gasteiger partial charge in [-0.1, -0.05) is 60.6 Å². The molecule has 5 heteroatoms. The van der Waals surface area contributed by atoms with Crippen molar-refractivity contribution in [3.63, 3.8) is 0 Å². The number of carbonyl (C=O) groups excluding carboxylic acids is 1. The second-order valence-electron chi connectivity index (χ2n) is 9.44. The van der Waals surface area contributed by atoms with Crippen LogP contribution in [0.15, 0.2) is 42.5 Å². The zero-order valence-corrected chi connectivity index (χ0v) is 18.7. The third kappa shape index (κ3) is 5.97. The molecule has 5 nitrogen and oxygen atoms in total. The van der Waals surface area contributed by atoms with E-state index in [4.69, 9.17) is 10.6 Å². The van der Waals surface area contributed by atoms with E-state index in [1.54, 1.807) is 24.3 Å². The minimum Gasteiger partial charge on any atom is -0.480 e. The molecule has 0 aliphatic heterocycles. The third-order valence-corrected chi connectivity index (χ3v) is 4.91. The lowest BCUT2D eigenvalue weighted by molar-refractivity contribution is -0.122. The summed E-state index contributed by atoms with van der Waals surface area (Å²) in [6.45, 7) is 15.0. The fourth-order valence-corrected chi connectivity index (χ4v) is 3.03.